The van der Waals surface area contributed by atoms with E-state index in [9.17, 15) is 4.79 Å². The van der Waals surface area contributed by atoms with Crippen molar-refractivity contribution >= 4 is 64.3 Å². The Balaban J connectivity index is 0.00000276. The van der Waals surface area contributed by atoms with E-state index in [4.69, 9.17) is 28.2 Å². The summed E-state index contributed by atoms with van der Waals surface area (Å²) >= 11 is 15.8. The van der Waals surface area contributed by atoms with Gasteiger partial charge in [-0.1, -0.05) is 117 Å². The van der Waals surface area contributed by atoms with Crippen LogP contribution in [0.1, 0.15) is 76.9 Å². The van der Waals surface area contributed by atoms with Crippen LogP contribution in [0.15, 0.2) is 113 Å². The first kappa shape index (κ1) is 39.4. The van der Waals surface area contributed by atoms with E-state index in [1.807, 2.05) is 74.4 Å². The fourth-order valence-corrected chi connectivity index (χ4v) is 7.69. The van der Waals surface area contributed by atoms with Crippen molar-refractivity contribution in [1.29, 1.82) is 0 Å². The number of carbonyl (C=O) groups is 1. The smallest absolute Gasteiger partial charge is 0.228 e. The van der Waals surface area contributed by atoms with Crippen molar-refractivity contribution in [2.45, 2.75) is 71.1 Å². The summed E-state index contributed by atoms with van der Waals surface area (Å²) < 4.78 is 6.80. The highest BCUT2D eigenvalue weighted by molar-refractivity contribution is 7.99. The van der Waals surface area contributed by atoms with Gasteiger partial charge in [0.1, 0.15) is 5.82 Å². The van der Waals surface area contributed by atoms with Gasteiger partial charge in [0, 0.05) is 59.1 Å². The molecule has 1 amide bonds. The first-order chi connectivity index (χ1) is 24.3. The molecule has 0 spiro atoms. The molecular weight excluding hydrogens is 700 g/mol. The zero-order valence-corrected chi connectivity index (χ0v) is 32.8. The van der Waals surface area contributed by atoms with Crippen LogP contribution < -0.4 is 9.03 Å². The molecule has 50 heavy (non-hydrogen) atoms. The second-order valence-electron chi connectivity index (χ2n) is 11.9. The minimum atomic E-state index is -0.108. The second kappa shape index (κ2) is 20.5. The Labute approximate surface area is 317 Å². The Morgan fingerprint density at radius 3 is 2.46 bits per heavy atom. The minimum absolute atomic E-state index is 0.108. The molecule has 1 aliphatic rings. The van der Waals surface area contributed by atoms with Gasteiger partial charge in [0.2, 0.25) is 5.91 Å². The maximum absolute atomic E-state index is 11.5. The van der Waals surface area contributed by atoms with Crippen LogP contribution in [0, 0.1) is 5.92 Å². The molecule has 0 unspecified atom stereocenters. The quantitative estimate of drug-likeness (QED) is 0.0838. The predicted molar refractivity (Wildman–Crippen MR) is 219 cm³/mol. The SMILES string of the molecule is CC.C\C=C(Cl)/C(=C\C=C\Cl)c1cn(-c2cccc(N(C)SNC(C)=O)c2)c(Cc2ccc(-c3cccc(SCC4CCCCC4)c3)cc2)n1. The molecule has 5 rings (SSSR count). The van der Waals surface area contributed by atoms with Crippen LogP contribution in [0.25, 0.3) is 22.4 Å². The zero-order valence-electron chi connectivity index (χ0n) is 29.7. The van der Waals surface area contributed by atoms with Gasteiger partial charge < -0.3 is 8.87 Å². The third-order valence-electron chi connectivity index (χ3n) is 8.39. The van der Waals surface area contributed by atoms with E-state index in [-0.39, 0.29) is 5.91 Å². The summed E-state index contributed by atoms with van der Waals surface area (Å²) in [4.78, 5) is 17.9. The Morgan fingerprint density at radius 1 is 1.02 bits per heavy atom. The maximum atomic E-state index is 11.5. The van der Waals surface area contributed by atoms with Crippen LogP contribution in [0.4, 0.5) is 5.69 Å². The van der Waals surface area contributed by atoms with Crippen LogP contribution in [0.2, 0.25) is 0 Å². The largest absolute Gasteiger partial charge is 0.303 e. The lowest BCUT2D eigenvalue weighted by molar-refractivity contribution is -0.117. The van der Waals surface area contributed by atoms with Crippen LogP contribution in [0.3, 0.4) is 0 Å². The number of aromatic nitrogens is 2. The van der Waals surface area contributed by atoms with Crippen LogP contribution >= 0.6 is 47.1 Å². The van der Waals surface area contributed by atoms with E-state index >= 15 is 0 Å². The third-order valence-corrected chi connectivity index (χ3v) is 11.0. The number of imidazole rings is 1. The highest BCUT2D eigenvalue weighted by atomic mass is 35.5. The molecule has 0 aliphatic heterocycles. The first-order valence-electron chi connectivity index (χ1n) is 17.3. The van der Waals surface area contributed by atoms with E-state index in [1.54, 1.807) is 6.08 Å². The highest BCUT2D eigenvalue weighted by Gasteiger charge is 2.17. The van der Waals surface area contributed by atoms with Crippen LogP contribution in [0.5, 0.6) is 0 Å². The molecule has 1 aliphatic carbocycles. The van der Waals surface area contributed by atoms with Crippen molar-refractivity contribution in [1.82, 2.24) is 14.3 Å². The number of nitrogens with one attached hydrogen (secondary N) is 1. The molecule has 0 saturated heterocycles. The standard InChI is InChI=1S/C39H42Cl2N4OS2.C2H6/c1-4-37(41)36(17-10-22-40)38-26-45(34-15-9-14-33(25-34)44(3)48-43-28(2)46)39(42-38)23-29-18-20-31(21-19-29)32-13-8-16-35(24-32)47-27-30-11-6-5-7-12-30;1-2/h4,8-10,13-22,24-26,30H,5-7,11-12,23,27H2,1-3H3,(H,43,46);1-2H3/b22-10+,36-17+,37-4+;. The topological polar surface area (TPSA) is 50.2 Å². The molecule has 0 atom stereocenters. The van der Waals surface area contributed by atoms with Gasteiger partial charge >= 0.3 is 0 Å². The number of nitrogens with zero attached hydrogens (tertiary/aromatic N) is 3. The van der Waals surface area contributed by atoms with Crippen LogP contribution in [-0.4, -0.2) is 28.3 Å². The molecule has 1 fully saturated rings. The number of benzene rings is 3. The predicted octanol–water partition coefficient (Wildman–Crippen LogP) is 12.2. The van der Waals surface area contributed by atoms with Crippen molar-refractivity contribution in [3.63, 3.8) is 0 Å². The monoisotopic (exact) mass is 746 g/mol. The lowest BCUT2D eigenvalue weighted by atomic mass is 9.91. The van der Waals surface area contributed by atoms with Gasteiger partial charge in [0.15, 0.2) is 0 Å². The Bertz CT molecular complexity index is 1780. The van der Waals surface area contributed by atoms with Gasteiger partial charge in [-0.2, -0.15) is 0 Å². The van der Waals surface area contributed by atoms with E-state index in [0.29, 0.717) is 11.5 Å². The Hall–Kier alpha value is -3.36. The van der Waals surface area contributed by atoms with Gasteiger partial charge in [0.05, 0.1) is 23.5 Å². The normalized spacial score (nSPS) is 14.0. The first-order valence-corrected chi connectivity index (χ1v) is 19.9. The summed E-state index contributed by atoms with van der Waals surface area (Å²) in [6, 6.07) is 25.9. The number of anilines is 1. The molecule has 4 aromatic rings. The molecule has 1 saturated carbocycles. The lowest BCUT2D eigenvalue weighted by Gasteiger charge is -2.21. The number of thioether (sulfide) groups is 1. The lowest BCUT2D eigenvalue weighted by Crippen LogP contribution is -2.19. The molecular formula is C41H48Cl2N4OS2. The summed E-state index contributed by atoms with van der Waals surface area (Å²) in [6.07, 6.45) is 15.0. The fourth-order valence-electron chi connectivity index (χ4n) is 5.83. The van der Waals surface area contributed by atoms with E-state index < -0.39 is 0 Å². The van der Waals surface area contributed by atoms with Gasteiger partial charge in [-0.25, -0.2) is 4.98 Å². The van der Waals surface area contributed by atoms with E-state index in [2.05, 4.69) is 70.0 Å². The summed E-state index contributed by atoms with van der Waals surface area (Å²) in [5.74, 6) is 2.82. The number of amides is 1. The van der Waals surface area contributed by atoms with Gasteiger partial charge in [0.25, 0.3) is 0 Å². The molecule has 1 aromatic heterocycles. The molecule has 1 heterocycles. The molecule has 0 radical (unpaired) electrons. The van der Waals surface area contributed by atoms with E-state index in [1.165, 1.54) is 78.5 Å². The molecule has 264 valence electrons. The molecule has 0 bridgehead atoms. The van der Waals surface area contributed by atoms with Gasteiger partial charge in [-0.15, -0.1) is 11.8 Å². The highest BCUT2D eigenvalue weighted by Crippen LogP contribution is 2.33. The summed E-state index contributed by atoms with van der Waals surface area (Å²) in [7, 11) is 1.91. The molecule has 3 aromatic carbocycles. The average molecular weight is 748 g/mol. The van der Waals surface area contributed by atoms with Crippen molar-refractivity contribution < 1.29 is 4.79 Å². The number of carbonyl (C=O) groups excluding carboxylic acids is 1. The summed E-state index contributed by atoms with van der Waals surface area (Å²) in [6.45, 7) is 7.40. The summed E-state index contributed by atoms with van der Waals surface area (Å²) in [5.41, 5.74) is 8.45. The average Bonchev–Trinajstić information content (AvgIpc) is 3.57. The number of hydrogen-bond acceptors (Lipinski definition) is 5. The number of rotatable bonds is 13. The Morgan fingerprint density at radius 2 is 1.76 bits per heavy atom. The minimum Gasteiger partial charge on any atom is -0.303 e. The third kappa shape index (κ3) is 11.3. The van der Waals surface area contributed by atoms with Crippen LogP contribution in [-0.2, 0) is 11.2 Å². The maximum Gasteiger partial charge on any atom is 0.228 e. The zero-order chi connectivity index (χ0) is 35.9. The second-order valence-corrected chi connectivity index (χ2v) is 14.6. The fraction of sp³-hybridized carbons (Fsp3) is 0.317. The molecule has 1 N–H and O–H groups in total. The molecule has 9 heteroatoms. The van der Waals surface area contributed by atoms with Gasteiger partial charge in [-0.3, -0.25) is 9.52 Å². The van der Waals surface area contributed by atoms with Gasteiger partial charge in [-0.05, 0) is 72.7 Å². The summed E-state index contributed by atoms with van der Waals surface area (Å²) in [5, 5.41) is 0.588. The number of hydrogen-bond donors (Lipinski definition) is 1. The van der Waals surface area contributed by atoms with Crippen molar-refractivity contribution in [3.05, 3.63) is 125 Å². The van der Waals surface area contributed by atoms with E-state index in [0.717, 1.165) is 39.9 Å². The number of allylic oxidation sites excluding steroid dienone is 5. The van der Waals surface area contributed by atoms with Crippen molar-refractivity contribution in [2.75, 3.05) is 17.1 Å². The van der Waals surface area contributed by atoms with Crippen molar-refractivity contribution in [2.24, 2.45) is 5.92 Å². The van der Waals surface area contributed by atoms with Crippen molar-refractivity contribution in [3.8, 4) is 16.8 Å². The number of halogens is 2. The molecule has 5 nitrogen and oxygen atoms in total. The Kier molecular flexibility index (Phi) is 16.1.